The summed E-state index contributed by atoms with van der Waals surface area (Å²) < 4.78 is 6.08. The Labute approximate surface area is 346 Å². The van der Waals surface area contributed by atoms with Gasteiger partial charge < -0.3 is 20.0 Å². The van der Waals surface area contributed by atoms with Crippen LogP contribution in [-0.4, -0.2) is 45.7 Å². The lowest BCUT2D eigenvalue weighted by molar-refractivity contribution is -0.124. The van der Waals surface area contributed by atoms with Gasteiger partial charge in [-0.15, -0.1) is 0 Å². The van der Waals surface area contributed by atoms with Gasteiger partial charge in [-0.3, -0.25) is 9.59 Å². The van der Waals surface area contributed by atoms with Gasteiger partial charge in [0.25, 0.3) is 0 Å². The second kappa shape index (κ2) is 13.9. The zero-order valence-electron chi connectivity index (χ0n) is 33.2. The lowest BCUT2D eigenvalue weighted by atomic mass is 9.82. The van der Waals surface area contributed by atoms with Crippen molar-refractivity contribution in [2.45, 2.75) is 86.9 Å². The van der Waals surface area contributed by atoms with E-state index in [0.717, 1.165) is 22.3 Å². The van der Waals surface area contributed by atoms with Gasteiger partial charge >= 0.3 is 0 Å². The molecule has 12 rings (SSSR count). The van der Waals surface area contributed by atoms with Gasteiger partial charge in [-0.2, -0.15) is 10.2 Å². The van der Waals surface area contributed by atoms with Crippen LogP contribution in [-0.2, 0) is 9.59 Å². The molecular weight excluding hydrogens is 747 g/mol. The number of pyridine rings is 1. The third-order valence-corrected chi connectivity index (χ3v) is 12.8. The maximum atomic E-state index is 15.0. The average Bonchev–Trinajstić information content (AvgIpc) is 4.10. The van der Waals surface area contributed by atoms with Crippen molar-refractivity contribution in [2.24, 2.45) is 0 Å². The van der Waals surface area contributed by atoms with E-state index in [1.165, 1.54) is 74.1 Å². The highest BCUT2D eigenvalue weighted by molar-refractivity contribution is 6.06. The predicted octanol–water partition coefficient (Wildman–Crippen LogP) is 9.84. The standard InChI is InChI=1S/C49H45N9O2/c59-48(51-33-16-20-35(21-17-33)57-43(31-12-13-31)25-40(54-57)29-8-9-29)46(38-27-50-39-6-2-1-5-37(38)39)47(42-28-56-24-4-3-7-45(56)53-42)49(60)52-34-18-22-36(23-19-34)58-44(32-14-15-32)26-41(55-58)30-10-11-30/h1-7,16-32,46-47,50H,8-15H2,(H,51,59)(H,52,60). The molecule has 4 fully saturated rings. The molecule has 11 heteroatoms. The molecule has 0 saturated heterocycles. The minimum absolute atomic E-state index is 0.313. The van der Waals surface area contributed by atoms with Gasteiger partial charge in [-0.25, -0.2) is 14.3 Å². The molecule has 2 atom stereocenters. The summed E-state index contributed by atoms with van der Waals surface area (Å²) in [4.78, 5) is 38.3. The smallest absolute Gasteiger partial charge is 0.234 e. The number of aromatic nitrogens is 7. The number of carbonyl (C=O) groups excluding carboxylic acids is 2. The number of benzene rings is 3. The maximum absolute atomic E-state index is 15.0. The molecule has 0 radical (unpaired) electrons. The van der Waals surface area contributed by atoms with Gasteiger partial charge in [0.15, 0.2) is 0 Å². The molecule has 2 amide bonds. The number of H-pyrrole nitrogens is 1. The number of rotatable bonds is 13. The summed E-state index contributed by atoms with van der Waals surface area (Å²) in [7, 11) is 0. The van der Waals surface area contributed by atoms with E-state index in [-0.39, 0.29) is 11.8 Å². The minimum Gasteiger partial charge on any atom is -0.361 e. The van der Waals surface area contributed by atoms with Gasteiger partial charge in [0.2, 0.25) is 11.8 Å². The molecule has 5 aromatic heterocycles. The molecular formula is C49H45N9O2. The largest absolute Gasteiger partial charge is 0.361 e. The molecule has 4 aliphatic carbocycles. The Hall–Kier alpha value is -6.75. The van der Waals surface area contributed by atoms with E-state index in [1.807, 2.05) is 114 Å². The van der Waals surface area contributed by atoms with Crippen molar-refractivity contribution in [3.05, 3.63) is 156 Å². The number of para-hydroxylation sites is 1. The first kappa shape index (κ1) is 35.2. The van der Waals surface area contributed by atoms with Crippen LogP contribution >= 0.6 is 0 Å². The number of aromatic amines is 1. The third-order valence-electron chi connectivity index (χ3n) is 12.8. The van der Waals surface area contributed by atoms with Crippen molar-refractivity contribution in [3.8, 4) is 11.4 Å². The summed E-state index contributed by atoms with van der Waals surface area (Å²) in [6.07, 6.45) is 15.2. The van der Waals surface area contributed by atoms with E-state index in [1.54, 1.807) is 0 Å². The van der Waals surface area contributed by atoms with Gasteiger partial charge in [-0.1, -0.05) is 24.3 Å². The number of anilines is 2. The zero-order valence-corrected chi connectivity index (χ0v) is 33.2. The van der Waals surface area contributed by atoms with E-state index >= 15 is 4.79 Å². The molecule has 11 nitrogen and oxygen atoms in total. The zero-order chi connectivity index (χ0) is 39.9. The van der Waals surface area contributed by atoms with E-state index in [2.05, 4.69) is 37.1 Å². The quantitative estimate of drug-likeness (QED) is 0.107. The monoisotopic (exact) mass is 791 g/mol. The topological polar surface area (TPSA) is 127 Å². The van der Waals surface area contributed by atoms with Crippen molar-refractivity contribution < 1.29 is 9.59 Å². The summed E-state index contributed by atoms with van der Waals surface area (Å²) in [5.74, 6) is -0.347. The highest BCUT2D eigenvalue weighted by atomic mass is 16.2. The van der Waals surface area contributed by atoms with Gasteiger partial charge in [-0.05, 0) is 136 Å². The number of hydrogen-bond donors (Lipinski definition) is 3. The Morgan fingerprint density at radius 3 is 1.70 bits per heavy atom. The third kappa shape index (κ3) is 6.58. The van der Waals surface area contributed by atoms with Crippen LogP contribution in [0.1, 0.15) is 121 Å². The van der Waals surface area contributed by atoms with Crippen molar-refractivity contribution in [2.75, 3.05) is 10.6 Å². The molecule has 0 spiro atoms. The molecule has 3 aromatic carbocycles. The van der Waals surface area contributed by atoms with Gasteiger partial charge in [0.1, 0.15) is 5.65 Å². The average molecular weight is 792 g/mol. The molecule has 2 unspecified atom stereocenters. The molecule has 4 saturated carbocycles. The van der Waals surface area contributed by atoms with Gasteiger partial charge in [0, 0.05) is 75.9 Å². The van der Waals surface area contributed by atoms with E-state index in [9.17, 15) is 4.79 Å². The fourth-order valence-corrected chi connectivity index (χ4v) is 8.94. The van der Waals surface area contributed by atoms with Crippen LogP contribution < -0.4 is 10.6 Å². The first-order valence-electron chi connectivity index (χ1n) is 21.5. The second-order valence-corrected chi connectivity index (χ2v) is 17.4. The Morgan fingerprint density at radius 1 is 0.617 bits per heavy atom. The molecule has 60 heavy (non-hydrogen) atoms. The van der Waals surface area contributed by atoms with Crippen molar-refractivity contribution in [3.63, 3.8) is 0 Å². The molecule has 5 heterocycles. The summed E-state index contributed by atoms with van der Waals surface area (Å²) in [6.45, 7) is 0. The SMILES string of the molecule is O=C(Nc1ccc(-n2nc(C3CC3)cc2C2CC2)cc1)C(c1cn2ccccc2n1)C(C(=O)Nc1ccc(-n2nc(C3CC3)cc2C2CC2)cc1)c1c[nH]c2ccccc12. The van der Waals surface area contributed by atoms with Crippen LogP contribution in [0, 0.1) is 0 Å². The van der Waals surface area contributed by atoms with Crippen LogP contribution in [0.4, 0.5) is 11.4 Å². The fraction of sp³-hybridized carbons (Fsp3) is 0.286. The number of nitrogens with zero attached hydrogens (tertiary/aromatic N) is 6. The maximum Gasteiger partial charge on any atom is 0.234 e. The fourth-order valence-electron chi connectivity index (χ4n) is 8.94. The van der Waals surface area contributed by atoms with Crippen molar-refractivity contribution in [1.82, 2.24) is 33.9 Å². The van der Waals surface area contributed by atoms with E-state index in [0.29, 0.717) is 52.0 Å². The Morgan fingerprint density at radius 2 is 1.15 bits per heavy atom. The molecule has 4 aliphatic rings. The van der Waals surface area contributed by atoms with Gasteiger partial charge in [0.05, 0.1) is 40.3 Å². The summed E-state index contributed by atoms with van der Waals surface area (Å²) >= 11 is 0. The number of imidazole rings is 1. The normalized spacial score (nSPS) is 17.5. The van der Waals surface area contributed by atoms with Crippen molar-refractivity contribution in [1.29, 1.82) is 0 Å². The predicted molar refractivity (Wildman–Crippen MR) is 231 cm³/mol. The van der Waals surface area contributed by atoms with Crippen LogP contribution in [0.25, 0.3) is 27.9 Å². The Balaban J connectivity index is 0.889. The van der Waals surface area contributed by atoms with Crippen molar-refractivity contribution >= 4 is 39.7 Å². The van der Waals surface area contributed by atoms with Crippen LogP contribution in [0.3, 0.4) is 0 Å². The molecule has 3 N–H and O–H groups in total. The number of carbonyl (C=O) groups is 2. The van der Waals surface area contributed by atoms with E-state index < -0.39 is 11.8 Å². The first-order valence-corrected chi connectivity index (χ1v) is 21.5. The molecule has 0 aliphatic heterocycles. The van der Waals surface area contributed by atoms with Crippen LogP contribution in [0.5, 0.6) is 0 Å². The van der Waals surface area contributed by atoms with E-state index in [4.69, 9.17) is 15.2 Å². The lowest BCUT2D eigenvalue weighted by Crippen LogP contribution is -2.34. The number of hydrogen-bond acceptors (Lipinski definition) is 5. The second-order valence-electron chi connectivity index (χ2n) is 17.4. The molecule has 298 valence electrons. The summed E-state index contributed by atoms with van der Waals surface area (Å²) in [5, 5.41) is 17.3. The highest BCUT2D eigenvalue weighted by Gasteiger charge is 2.40. The molecule has 0 bridgehead atoms. The van der Waals surface area contributed by atoms with Crippen LogP contribution in [0.15, 0.2) is 122 Å². The number of amides is 2. The van der Waals surface area contributed by atoms with Crippen LogP contribution in [0.2, 0.25) is 0 Å². The Bertz CT molecular complexity index is 2890. The first-order chi connectivity index (χ1) is 29.5. The number of nitrogens with one attached hydrogen (secondary N) is 3. The Kier molecular flexibility index (Phi) is 8.18. The summed E-state index contributed by atoms with van der Waals surface area (Å²) in [5.41, 5.74) is 10.9. The highest BCUT2D eigenvalue weighted by Crippen LogP contribution is 2.47. The molecule has 8 aromatic rings. The summed E-state index contributed by atoms with van der Waals surface area (Å²) in [6, 6.07) is 34.0. The lowest BCUT2D eigenvalue weighted by Gasteiger charge is -2.25. The minimum atomic E-state index is -0.997. The number of fused-ring (bicyclic) bond motifs is 2.